The van der Waals surface area contributed by atoms with E-state index in [-0.39, 0.29) is 0 Å². The zero-order valence-electron chi connectivity index (χ0n) is 13.4. The predicted molar refractivity (Wildman–Crippen MR) is 97.7 cm³/mol. The summed E-state index contributed by atoms with van der Waals surface area (Å²) < 4.78 is 1.13. The van der Waals surface area contributed by atoms with Gasteiger partial charge in [-0.05, 0) is 6.42 Å². The molecule has 0 aromatic rings. The van der Waals surface area contributed by atoms with Gasteiger partial charge in [-0.3, -0.25) is 0 Å². The van der Waals surface area contributed by atoms with Gasteiger partial charge in [-0.25, -0.2) is 0 Å². The Morgan fingerprint density at radius 3 is 1.80 bits per heavy atom. The van der Waals surface area contributed by atoms with Crippen LogP contribution in [-0.4, -0.2) is 28.1 Å². The van der Waals surface area contributed by atoms with Gasteiger partial charge < -0.3 is 4.90 Å². The van der Waals surface area contributed by atoms with Gasteiger partial charge in [0.1, 0.15) is 4.32 Å². The summed E-state index contributed by atoms with van der Waals surface area (Å²) in [4.78, 5) is 2.39. The Morgan fingerprint density at radius 1 is 0.850 bits per heavy atom. The fourth-order valence-corrected chi connectivity index (χ4v) is 4.06. The van der Waals surface area contributed by atoms with Crippen molar-refractivity contribution >= 4 is 28.3 Å². The summed E-state index contributed by atoms with van der Waals surface area (Å²) in [6.45, 7) is 4.67. The number of rotatable bonds is 13. The third-order valence-electron chi connectivity index (χ3n) is 4.13. The molecule has 0 aliphatic carbocycles. The topological polar surface area (TPSA) is 3.24 Å². The first-order valence-electron chi connectivity index (χ1n) is 8.76. The van der Waals surface area contributed by atoms with Crippen molar-refractivity contribution in [3.8, 4) is 0 Å². The van der Waals surface area contributed by atoms with Crippen LogP contribution in [0.2, 0.25) is 0 Å². The molecule has 1 saturated heterocycles. The quantitative estimate of drug-likeness (QED) is 0.302. The molecule has 3 heteroatoms. The number of hydrogen-bond donors (Lipinski definition) is 0. The molecule has 0 radical (unpaired) electrons. The molecule has 0 bridgehead atoms. The maximum Gasteiger partial charge on any atom is 0.136 e. The van der Waals surface area contributed by atoms with Crippen LogP contribution >= 0.6 is 24.0 Å². The molecular weight excluding hydrogens is 282 g/mol. The van der Waals surface area contributed by atoms with E-state index < -0.39 is 0 Å². The SMILES string of the molecule is CCCCCCCCCCCCCCN1CCSC1=S. The van der Waals surface area contributed by atoms with Crippen LogP contribution in [0.3, 0.4) is 0 Å². The Hall–Kier alpha value is 0.240. The van der Waals surface area contributed by atoms with Crippen LogP contribution in [0.4, 0.5) is 0 Å². The van der Waals surface area contributed by atoms with Crippen molar-refractivity contribution in [2.45, 2.75) is 84.0 Å². The van der Waals surface area contributed by atoms with Crippen LogP contribution in [0.25, 0.3) is 0 Å². The molecule has 0 saturated carbocycles. The molecule has 0 unspecified atom stereocenters. The molecule has 0 spiro atoms. The standard InChI is InChI=1S/C17H33NS2/c1-2-3-4-5-6-7-8-9-10-11-12-13-14-18-15-16-20-17(18)19/h2-16H2,1H3. The zero-order chi connectivity index (χ0) is 14.5. The molecular formula is C17H33NS2. The van der Waals surface area contributed by atoms with Crippen LogP contribution in [-0.2, 0) is 0 Å². The van der Waals surface area contributed by atoms with Crippen molar-refractivity contribution in [2.24, 2.45) is 0 Å². The van der Waals surface area contributed by atoms with E-state index in [4.69, 9.17) is 12.2 Å². The van der Waals surface area contributed by atoms with Gasteiger partial charge in [-0.1, -0.05) is 102 Å². The van der Waals surface area contributed by atoms with Crippen LogP contribution in [0.15, 0.2) is 0 Å². The van der Waals surface area contributed by atoms with Crippen LogP contribution in [0.5, 0.6) is 0 Å². The first-order valence-corrected chi connectivity index (χ1v) is 10.2. The van der Waals surface area contributed by atoms with E-state index in [2.05, 4.69) is 11.8 Å². The summed E-state index contributed by atoms with van der Waals surface area (Å²) in [5, 5.41) is 0. The van der Waals surface area contributed by atoms with Crippen molar-refractivity contribution < 1.29 is 0 Å². The van der Waals surface area contributed by atoms with E-state index in [1.54, 1.807) is 0 Å². The van der Waals surface area contributed by atoms with Crippen LogP contribution in [0.1, 0.15) is 84.0 Å². The zero-order valence-corrected chi connectivity index (χ0v) is 15.0. The second-order valence-corrected chi connectivity index (χ2v) is 7.72. The lowest BCUT2D eigenvalue weighted by atomic mass is 10.1. The Bertz CT molecular complexity index is 243. The van der Waals surface area contributed by atoms with Crippen molar-refractivity contribution in [1.29, 1.82) is 0 Å². The predicted octanol–water partition coefficient (Wildman–Crippen LogP) is 6.02. The number of thiocarbonyl (C=S) groups is 1. The maximum absolute atomic E-state index is 5.32. The number of hydrogen-bond acceptors (Lipinski definition) is 2. The largest absolute Gasteiger partial charge is 0.357 e. The Labute approximate surface area is 136 Å². The van der Waals surface area contributed by atoms with Gasteiger partial charge in [0.05, 0.1) is 0 Å². The molecule has 0 N–H and O–H groups in total. The summed E-state index contributed by atoms with van der Waals surface area (Å²) in [6.07, 6.45) is 17.1. The molecule has 1 rings (SSSR count). The third kappa shape index (κ3) is 9.23. The molecule has 0 aromatic heterocycles. The fourth-order valence-electron chi connectivity index (χ4n) is 2.77. The van der Waals surface area contributed by atoms with E-state index in [9.17, 15) is 0 Å². The second kappa shape index (κ2) is 12.9. The number of nitrogens with zero attached hydrogens (tertiary/aromatic N) is 1. The van der Waals surface area contributed by atoms with Crippen LogP contribution in [0, 0.1) is 0 Å². The highest BCUT2D eigenvalue weighted by Crippen LogP contribution is 2.18. The highest BCUT2D eigenvalue weighted by Gasteiger charge is 2.15. The number of unbranched alkanes of at least 4 members (excludes halogenated alkanes) is 11. The Morgan fingerprint density at radius 2 is 1.35 bits per heavy atom. The summed E-state index contributed by atoms with van der Waals surface area (Å²) in [5.41, 5.74) is 0. The first kappa shape index (κ1) is 18.3. The van der Waals surface area contributed by atoms with E-state index >= 15 is 0 Å². The Kier molecular flexibility index (Phi) is 11.8. The van der Waals surface area contributed by atoms with Gasteiger partial charge >= 0.3 is 0 Å². The molecule has 20 heavy (non-hydrogen) atoms. The molecule has 0 amide bonds. The molecule has 1 nitrogen and oxygen atoms in total. The van der Waals surface area contributed by atoms with Crippen molar-refractivity contribution in [1.82, 2.24) is 4.90 Å². The van der Waals surface area contributed by atoms with Crippen molar-refractivity contribution in [3.63, 3.8) is 0 Å². The minimum absolute atomic E-state index is 1.13. The average Bonchev–Trinajstić information content (AvgIpc) is 2.85. The number of thioether (sulfide) groups is 1. The van der Waals surface area contributed by atoms with E-state index in [1.807, 2.05) is 11.8 Å². The van der Waals surface area contributed by atoms with Gasteiger partial charge in [0, 0.05) is 18.8 Å². The van der Waals surface area contributed by atoms with E-state index in [0.29, 0.717) is 0 Å². The van der Waals surface area contributed by atoms with Gasteiger partial charge in [0.25, 0.3) is 0 Å². The maximum atomic E-state index is 5.32. The van der Waals surface area contributed by atoms with E-state index in [1.165, 1.54) is 95.9 Å². The van der Waals surface area contributed by atoms with Crippen molar-refractivity contribution in [3.05, 3.63) is 0 Å². The average molecular weight is 316 g/mol. The molecule has 0 atom stereocenters. The molecule has 1 aliphatic rings. The monoisotopic (exact) mass is 315 g/mol. The summed E-state index contributed by atoms with van der Waals surface area (Å²) in [7, 11) is 0. The van der Waals surface area contributed by atoms with Gasteiger partial charge in [-0.15, -0.1) is 0 Å². The molecule has 118 valence electrons. The van der Waals surface area contributed by atoms with Gasteiger partial charge in [0.2, 0.25) is 0 Å². The summed E-state index contributed by atoms with van der Waals surface area (Å²) in [6, 6.07) is 0. The van der Waals surface area contributed by atoms with E-state index in [0.717, 1.165) is 4.32 Å². The van der Waals surface area contributed by atoms with Gasteiger partial charge in [0.15, 0.2) is 0 Å². The minimum atomic E-state index is 1.13. The molecule has 1 heterocycles. The summed E-state index contributed by atoms with van der Waals surface area (Å²) >= 11 is 7.16. The van der Waals surface area contributed by atoms with Crippen LogP contribution < -0.4 is 0 Å². The minimum Gasteiger partial charge on any atom is -0.357 e. The van der Waals surface area contributed by atoms with Gasteiger partial charge in [-0.2, -0.15) is 0 Å². The normalized spacial score (nSPS) is 15.2. The molecule has 1 fully saturated rings. The second-order valence-electron chi connectivity index (χ2n) is 5.99. The smallest absolute Gasteiger partial charge is 0.136 e. The highest BCUT2D eigenvalue weighted by molar-refractivity contribution is 8.23. The lowest BCUT2D eigenvalue weighted by Gasteiger charge is -2.16. The fraction of sp³-hybridized carbons (Fsp3) is 0.941. The lowest BCUT2D eigenvalue weighted by Crippen LogP contribution is -2.23. The van der Waals surface area contributed by atoms with Crippen molar-refractivity contribution in [2.75, 3.05) is 18.8 Å². The first-order chi connectivity index (χ1) is 9.84. The summed E-state index contributed by atoms with van der Waals surface area (Å²) in [5.74, 6) is 1.21. The Balaban J connectivity index is 1.73. The molecule has 1 aliphatic heterocycles. The highest BCUT2D eigenvalue weighted by atomic mass is 32.2. The lowest BCUT2D eigenvalue weighted by molar-refractivity contribution is 0.438. The third-order valence-corrected chi connectivity index (χ3v) is 5.63. The molecule has 0 aromatic carbocycles.